The van der Waals surface area contributed by atoms with Gasteiger partial charge in [-0.05, 0) is 44.7 Å². The molecule has 2 amide bonds. The fourth-order valence-corrected chi connectivity index (χ4v) is 3.10. The molecule has 0 spiro atoms. The highest BCUT2D eigenvalue weighted by molar-refractivity contribution is 5.74. The normalized spacial score (nSPS) is 16.8. The van der Waals surface area contributed by atoms with E-state index < -0.39 is 0 Å². The summed E-state index contributed by atoms with van der Waals surface area (Å²) in [6.45, 7) is 7.71. The molecule has 0 aliphatic carbocycles. The maximum absolute atomic E-state index is 12.3. The van der Waals surface area contributed by atoms with Gasteiger partial charge in [0.1, 0.15) is 11.9 Å². The summed E-state index contributed by atoms with van der Waals surface area (Å²) in [5, 5.41) is 11.9. The number of aliphatic hydroxyl groups excluding tert-OH is 1. The number of rotatable bonds is 6. The second-order valence-electron chi connectivity index (χ2n) is 6.74. The SMILES string of the molecule is Cc1cccc(C)c1OC1CCN(C(=O)NC(C)CCCO)CC1. The Morgan fingerprint density at radius 1 is 1.33 bits per heavy atom. The number of nitrogens with zero attached hydrogens (tertiary/aromatic N) is 1. The second-order valence-corrected chi connectivity index (χ2v) is 6.74. The van der Waals surface area contributed by atoms with E-state index in [1.165, 1.54) is 0 Å². The highest BCUT2D eigenvalue weighted by Crippen LogP contribution is 2.26. The van der Waals surface area contributed by atoms with Gasteiger partial charge in [-0.25, -0.2) is 4.79 Å². The minimum atomic E-state index is -0.00837. The molecule has 0 aromatic heterocycles. The van der Waals surface area contributed by atoms with E-state index in [1.54, 1.807) is 0 Å². The van der Waals surface area contributed by atoms with E-state index in [9.17, 15) is 4.79 Å². The predicted molar refractivity (Wildman–Crippen MR) is 95.5 cm³/mol. The van der Waals surface area contributed by atoms with Gasteiger partial charge < -0.3 is 20.1 Å². The molecule has 1 fully saturated rings. The predicted octanol–water partition coefficient (Wildman–Crippen LogP) is 3.02. The topological polar surface area (TPSA) is 61.8 Å². The number of piperidine rings is 1. The van der Waals surface area contributed by atoms with Crippen molar-refractivity contribution in [1.82, 2.24) is 10.2 Å². The summed E-state index contributed by atoms with van der Waals surface area (Å²) in [6, 6.07) is 6.26. The Morgan fingerprint density at radius 2 is 1.96 bits per heavy atom. The average molecular weight is 334 g/mol. The molecule has 0 bridgehead atoms. The number of carbonyl (C=O) groups excluding carboxylic acids is 1. The Kier molecular flexibility index (Phi) is 6.91. The summed E-state index contributed by atoms with van der Waals surface area (Å²) in [4.78, 5) is 14.1. The Morgan fingerprint density at radius 3 is 2.54 bits per heavy atom. The lowest BCUT2D eigenvalue weighted by Crippen LogP contribution is -2.48. The van der Waals surface area contributed by atoms with Gasteiger partial charge in [0.05, 0.1) is 0 Å². The van der Waals surface area contributed by atoms with Crippen molar-refractivity contribution in [3.8, 4) is 5.75 Å². The van der Waals surface area contributed by atoms with Gasteiger partial charge in [0.15, 0.2) is 0 Å². The molecule has 1 aromatic rings. The van der Waals surface area contributed by atoms with Crippen molar-refractivity contribution < 1.29 is 14.6 Å². The number of benzene rings is 1. The molecular formula is C19H30N2O3. The smallest absolute Gasteiger partial charge is 0.317 e. The van der Waals surface area contributed by atoms with E-state index in [0.717, 1.165) is 36.1 Å². The summed E-state index contributed by atoms with van der Waals surface area (Å²) >= 11 is 0. The van der Waals surface area contributed by atoms with Crippen molar-refractivity contribution in [2.24, 2.45) is 0 Å². The summed E-state index contributed by atoms with van der Waals surface area (Å²) in [5.41, 5.74) is 2.32. The molecule has 24 heavy (non-hydrogen) atoms. The van der Waals surface area contributed by atoms with Crippen LogP contribution in [0.2, 0.25) is 0 Å². The van der Waals surface area contributed by atoms with Gasteiger partial charge in [-0.2, -0.15) is 0 Å². The monoisotopic (exact) mass is 334 g/mol. The van der Waals surface area contributed by atoms with Crippen LogP contribution >= 0.6 is 0 Å². The number of para-hydroxylation sites is 1. The first-order valence-electron chi connectivity index (χ1n) is 8.90. The van der Waals surface area contributed by atoms with Crippen LogP contribution in [0.4, 0.5) is 4.79 Å². The first kappa shape index (κ1) is 18.6. The van der Waals surface area contributed by atoms with Crippen LogP contribution in [0.3, 0.4) is 0 Å². The van der Waals surface area contributed by atoms with Gasteiger partial charge in [0.2, 0.25) is 0 Å². The lowest BCUT2D eigenvalue weighted by Gasteiger charge is -2.33. The Hall–Kier alpha value is -1.75. The van der Waals surface area contributed by atoms with Crippen LogP contribution in [0.1, 0.15) is 43.7 Å². The number of carbonyl (C=O) groups is 1. The number of aryl methyl sites for hydroxylation is 2. The van der Waals surface area contributed by atoms with Gasteiger partial charge in [-0.1, -0.05) is 18.2 Å². The zero-order chi connectivity index (χ0) is 17.5. The first-order valence-corrected chi connectivity index (χ1v) is 8.90. The van der Waals surface area contributed by atoms with Crippen molar-refractivity contribution in [1.29, 1.82) is 0 Å². The van der Waals surface area contributed by atoms with E-state index in [4.69, 9.17) is 9.84 Å². The minimum Gasteiger partial charge on any atom is -0.490 e. The van der Waals surface area contributed by atoms with Crippen LogP contribution in [0.15, 0.2) is 18.2 Å². The largest absolute Gasteiger partial charge is 0.490 e. The molecule has 1 unspecified atom stereocenters. The molecule has 2 N–H and O–H groups in total. The number of aliphatic hydroxyl groups is 1. The summed E-state index contributed by atoms with van der Waals surface area (Å²) in [6.07, 6.45) is 3.39. The molecule has 134 valence electrons. The lowest BCUT2D eigenvalue weighted by molar-refractivity contribution is 0.109. The Bertz CT molecular complexity index is 519. The second kappa shape index (κ2) is 8.92. The third kappa shape index (κ3) is 5.13. The van der Waals surface area contributed by atoms with E-state index in [2.05, 4.69) is 31.3 Å². The number of nitrogens with one attached hydrogen (secondary N) is 1. The maximum Gasteiger partial charge on any atom is 0.317 e. The average Bonchev–Trinajstić information content (AvgIpc) is 2.57. The molecule has 1 aliphatic rings. The van der Waals surface area contributed by atoms with Crippen molar-refractivity contribution in [2.45, 2.75) is 58.6 Å². The van der Waals surface area contributed by atoms with Gasteiger partial charge in [0.25, 0.3) is 0 Å². The summed E-state index contributed by atoms with van der Waals surface area (Å²) in [5.74, 6) is 0.984. The van der Waals surface area contributed by atoms with Crippen molar-refractivity contribution in [3.05, 3.63) is 29.3 Å². The van der Waals surface area contributed by atoms with Crippen LogP contribution in [0, 0.1) is 13.8 Å². The third-order valence-corrected chi connectivity index (χ3v) is 4.59. The van der Waals surface area contributed by atoms with Gasteiger partial charge in [0, 0.05) is 38.6 Å². The molecule has 0 radical (unpaired) electrons. The molecule has 1 saturated heterocycles. The minimum absolute atomic E-state index is 0.00837. The summed E-state index contributed by atoms with van der Waals surface area (Å²) < 4.78 is 6.19. The molecule has 1 atom stereocenters. The standard InChI is InChI=1S/C19H30N2O3/c1-14-6-4-7-15(2)18(14)24-17-9-11-21(12-10-17)19(23)20-16(3)8-5-13-22/h4,6-7,16-17,22H,5,8-13H2,1-3H3,(H,20,23). The molecular weight excluding hydrogens is 304 g/mol. The summed E-state index contributed by atoms with van der Waals surface area (Å²) in [7, 11) is 0. The maximum atomic E-state index is 12.3. The fourth-order valence-electron chi connectivity index (χ4n) is 3.10. The van der Waals surface area contributed by atoms with E-state index >= 15 is 0 Å². The lowest BCUT2D eigenvalue weighted by atomic mass is 10.1. The quantitative estimate of drug-likeness (QED) is 0.840. The molecule has 1 aliphatic heterocycles. The zero-order valence-electron chi connectivity index (χ0n) is 15.0. The van der Waals surface area contributed by atoms with Crippen LogP contribution in [0.5, 0.6) is 5.75 Å². The van der Waals surface area contributed by atoms with E-state index in [-0.39, 0.29) is 24.8 Å². The third-order valence-electron chi connectivity index (χ3n) is 4.59. The number of ether oxygens (including phenoxy) is 1. The number of urea groups is 1. The van der Waals surface area contributed by atoms with Crippen LogP contribution < -0.4 is 10.1 Å². The van der Waals surface area contributed by atoms with Gasteiger partial charge in [-0.3, -0.25) is 0 Å². The molecule has 2 rings (SSSR count). The number of hydrogen-bond donors (Lipinski definition) is 2. The molecule has 1 heterocycles. The number of likely N-dealkylation sites (tertiary alicyclic amines) is 1. The van der Waals surface area contributed by atoms with Crippen LogP contribution in [-0.4, -0.2) is 47.9 Å². The van der Waals surface area contributed by atoms with Crippen LogP contribution in [-0.2, 0) is 0 Å². The van der Waals surface area contributed by atoms with Crippen molar-refractivity contribution >= 4 is 6.03 Å². The molecule has 5 nitrogen and oxygen atoms in total. The van der Waals surface area contributed by atoms with Crippen molar-refractivity contribution in [2.75, 3.05) is 19.7 Å². The molecule has 1 aromatic carbocycles. The van der Waals surface area contributed by atoms with E-state index in [0.29, 0.717) is 19.5 Å². The molecule has 0 saturated carbocycles. The fraction of sp³-hybridized carbons (Fsp3) is 0.632. The van der Waals surface area contributed by atoms with E-state index in [1.807, 2.05) is 17.9 Å². The first-order chi connectivity index (χ1) is 11.5. The van der Waals surface area contributed by atoms with Gasteiger partial charge >= 0.3 is 6.03 Å². The zero-order valence-corrected chi connectivity index (χ0v) is 15.0. The number of hydrogen-bond acceptors (Lipinski definition) is 3. The number of amides is 2. The molecule has 5 heteroatoms. The highest BCUT2D eigenvalue weighted by atomic mass is 16.5. The Balaban J connectivity index is 1.80. The van der Waals surface area contributed by atoms with Crippen LogP contribution in [0.25, 0.3) is 0 Å². The van der Waals surface area contributed by atoms with Crippen molar-refractivity contribution in [3.63, 3.8) is 0 Å². The Labute approximate surface area is 145 Å². The highest BCUT2D eigenvalue weighted by Gasteiger charge is 2.25. The van der Waals surface area contributed by atoms with Gasteiger partial charge in [-0.15, -0.1) is 0 Å².